The Morgan fingerprint density at radius 3 is 1.73 bits per heavy atom. The summed E-state index contributed by atoms with van der Waals surface area (Å²) in [4.78, 5) is 18.4. The number of nitrogens with two attached hydrogens (primary N) is 1. The lowest BCUT2D eigenvalue weighted by atomic mass is 9.59. The Morgan fingerprint density at radius 1 is 0.909 bits per heavy atom. The van der Waals surface area contributed by atoms with Crippen LogP contribution < -0.4 is 10.4 Å². The third-order valence-corrected chi connectivity index (χ3v) is 6.41. The van der Waals surface area contributed by atoms with Gasteiger partial charge in [-0.2, -0.15) is 0 Å². The monoisotopic (exact) mass is 461 g/mol. The SMILES string of the molecule is CCCC(C1=N[N+](OC)=C1OP(N)[O-])C(c1ccccc1)(c1ccccc1)c1ccccc1. The summed E-state index contributed by atoms with van der Waals surface area (Å²) in [5.74, 6) is 0.165. The van der Waals surface area contributed by atoms with Gasteiger partial charge in [0.15, 0.2) is 12.0 Å². The standard InChI is InChI=1S/C26H28N3O3P/c1-3-13-23(24-25(32-33(27)30)29(28-24)31-2)26(20-14-7-4-8-15-20,21-16-9-5-10-17-21)22-18-11-6-12-19-22/h4-12,14-19,23H,3,13,27H2,1-2H3. The molecular weight excluding hydrogens is 433 g/mol. The second-order valence-electron chi connectivity index (χ2n) is 7.87. The highest BCUT2D eigenvalue weighted by atomic mass is 31.2. The Bertz CT molecular complexity index is 1020. The van der Waals surface area contributed by atoms with Gasteiger partial charge in [-0.15, -0.1) is 0 Å². The Hall–Kier alpha value is -3.05. The van der Waals surface area contributed by atoms with E-state index in [1.807, 2.05) is 18.2 Å². The predicted octanol–water partition coefficient (Wildman–Crippen LogP) is 4.34. The van der Waals surface area contributed by atoms with Crippen LogP contribution in [-0.2, 0) is 14.8 Å². The van der Waals surface area contributed by atoms with Crippen molar-refractivity contribution >= 4 is 20.1 Å². The first-order chi connectivity index (χ1) is 16.1. The van der Waals surface area contributed by atoms with Crippen LogP contribution in [0.1, 0.15) is 36.5 Å². The lowest BCUT2D eigenvalue weighted by molar-refractivity contribution is -0.795. The van der Waals surface area contributed by atoms with Gasteiger partial charge in [0.05, 0.1) is 19.0 Å². The molecule has 33 heavy (non-hydrogen) atoms. The molecule has 2 atom stereocenters. The van der Waals surface area contributed by atoms with Crippen LogP contribution in [0.5, 0.6) is 0 Å². The molecule has 0 saturated heterocycles. The molecule has 0 saturated carbocycles. The summed E-state index contributed by atoms with van der Waals surface area (Å²) < 4.78 is 5.51. The van der Waals surface area contributed by atoms with Crippen molar-refractivity contribution in [1.29, 1.82) is 0 Å². The number of nitrogens with zero attached hydrogens (tertiary/aromatic N) is 2. The van der Waals surface area contributed by atoms with Crippen molar-refractivity contribution in [2.45, 2.75) is 25.2 Å². The first-order valence-corrected chi connectivity index (χ1v) is 12.2. The van der Waals surface area contributed by atoms with Crippen LogP contribution in [-0.4, -0.2) is 23.6 Å². The molecule has 7 heteroatoms. The van der Waals surface area contributed by atoms with Gasteiger partial charge in [-0.05, 0) is 23.1 Å². The summed E-state index contributed by atoms with van der Waals surface area (Å²) in [6.07, 6.45) is 1.72. The van der Waals surface area contributed by atoms with Crippen molar-refractivity contribution in [3.8, 4) is 0 Å². The second kappa shape index (κ2) is 10.3. The topological polar surface area (TPSA) is 82.9 Å². The Kier molecular flexibility index (Phi) is 7.19. The fraction of sp³-hybridized carbons (Fsp3) is 0.231. The van der Waals surface area contributed by atoms with E-state index in [-0.39, 0.29) is 5.92 Å². The number of hydrazone groups is 1. The second-order valence-corrected chi connectivity index (χ2v) is 8.62. The minimum Gasteiger partial charge on any atom is -0.786 e. The molecule has 1 aliphatic rings. The predicted molar refractivity (Wildman–Crippen MR) is 130 cm³/mol. The molecule has 170 valence electrons. The normalized spacial score (nSPS) is 15.3. The number of benzene rings is 3. The van der Waals surface area contributed by atoms with Gasteiger partial charge in [0, 0.05) is 5.92 Å². The lowest BCUT2D eigenvalue weighted by Gasteiger charge is -2.42. The van der Waals surface area contributed by atoms with Crippen molar-refractivity contribution in [3.05, 3.63) is 108 Å². The molecule has 0 spiro atoms. The number of hydrogen-bond donors (Lipinski definition) is 1. The Morgan fingerprint density at radius 2 is 1.36 bits per heavy atom. The molecule has 0 radical (unpaired) electrons. The van der Waals surface area contributed by atoms with Crippen molar-refractivity contribution < 1.29 is 19.1 Å². The summed E-state index contributed by atoms with van der Waals surface area (Å²) in [7, 11) is -0.889. The van der Waals surface area contributed by atoms with E-state index in [9.17, 15) is 4.89 Å². The maximum Gasteiger partial charge on any atom is 0.478 e. The highest BCUT2D eigenvalue weighted by molar-refractivity contribution is 7.42. The van der Waals surface area contributed by atoms with E-state index in [1.165, 1.54) is 12.0 Å². The average Bonchev–Trinajstić information content (AvgIpc) is 2.85. The molecule has 2 N–H and O–H groups in total. The van der Waals surface area contributed by atoms with Gasteiger partial charge in [-0.3, -0.25) is 5.50 Å². The highest BCUT2D eigenvalue weighted by Gasteiger charge is 2.54. The number of rotatable bonds is 9. The van der Waals surface area contributed by atoms with Crippen LogP contribution >= 0.6 is 8.53 Å². The van der Waals surface area contributed by atoms with Gasteiger partial charge in [0.25, 0.3) is 0 Å². The van der Waals surface area contributed by atoms with E-state index in [0.29, 0.717) is 11.6 Å². The third-order valence-electron chi connectivity index (χ3n) is 6.06. The van der Waals surface area contributed by atoms with E-state index >= 15 is 0 Å². The molecule has 6 nitrogen and oxygen atoms in total. The van der Waals surface area contributed by atoms with Gasteiger partial charge < -0.3 is 9.42 Å². The quantitative estimate of drug-likeness (QED) is 0.292. The van der Waals surface area contributed by atoms with E-state index in [1.54, 1.807) is 0 Å². The molecule has 2 unspecified atom stereocenters. The molecule has 0 bridgehead atoms. The molecule has 1 aliphatic heterocycles. The fourth-order valence-electron chi connectivity index (χ4n) is 4.80. The van der Waals surface area contributed by atoms with Crippen molar-refractivity contribution in [3.63, 3.8) is 0 Å². The summed E-state index contributed by atoms with van der Waals surface area (Å²) in [5, 5.41) is 4.62. The van der Waals surface area contributed by atoms with E-state index in [4.69, 9.17) is 14.9 Å². The minimum absolute atomic E-state index is 0.133. The number of hydrogen-bond acceptors (Lipinski definition) is 5. The largest absolute Gasteiger partial charge is 0.786 e. The zero-order chi connectivity index (χ0) is 23.3. The maximum absolute atomic E-state index is 11.8. The van der Waals surface area contributed by atoms with Crippen LogP contribution in [0, 0.1) is 5.92 Å². The molecule has 0 amide bonds. The molecule has 0 fully saturated rings. The molecule has 3 aromatic carbocycles. The molecule has 0 aliphatic carbocycles. The van der Waals surface area contributed by atoms with Crippen molar-refractivity contribution in [2.75, 3.05) is 7.11 Å². The smallest absolute Gasteiger partial charge is 0.478 e. The lowest BCUT2D eigenvalue weighted by Crippen LogP contribution is -2.50. The average molecular weight is 462 g/mol. The van der Waals surface area contributed by atoms with Gasteiger partial charge in [-0.1, -0.05) is 104 Å². The Balaban J connectivity index is 2.01. The fourth-order valence-corrected chi connectivity index (χ4v) is 5.14. The first-order valence-electron chi connectivity index (χ1n) is 11.0. The molecule has 3 aromatic rings. The molecule has 4 rings (SSSR count). The van der Waals surface area contributed by atoms with E-state index in [2.05, 4.69) is 84.8 Å². The Labute approximate surface area is 195 Å². The maximum atomic E-state index is 11.8. The molecule has 0 aromatic heterocycles. The first kappa shape index (κ1) is 23.1. The zero-order valence-electron chi connectivity index (χ0n) is 18.8. The van der Waals surface area contributed by atoms with Crippen LogP contribution in [0.3, 0.4) is 0 Å². The zero-order valence-corrected chi connectivity index (χ0v) is 19.7. The van der Waals surface area contributed by atoms with Crippen LogP contribution in [0.2, 0.25) is 0 Å². The van der Waals surface area contributed by atoms with Gasteiger partial charge in [-0.25, -0.2) is 4.84 Å². The summed E-state index contributed by atoms with van der Waals surface area (Å²) in [6.45, 7) is 2.15. The molecule has 1 heterocycles. The summed E-state index contributed by atoms with van der Waals surface area (Å²) in [6, 6.07) is 31.3. The van der Waals surface area contributed by atoms with Gasteiger partial charge in [0.2, 0.25) is 5.71 Å². The van der Waals surface area contributed by atoms with Crippen LogP contribution in [0.4, 0.5) is 0 Å². The molecular formula is C26H28N3O3P. The van der Waals surface area contributed by atoms with Gasteiger partial charge >= 0.3 is 5.90 Å². The summed E-state index contributed by atoms with van der Waals surface area (Å²) >= 11 is 0. The van der Waals surface area contributed by atoms with Crippen molar-refractivity contribution in [2.24, 2.45) is 16.5 Å². The summed E-state index contributed by atoms with van der Waals surface area (Å²) in [5.41, 5.74) is 9.04. The minimum atomic E-state index is -2.38. The van der Waals surface area contributed by atoms with E-state index in [0.717, 1.165) is 29.5 Å². The van der Waals surface area contributed by atoms with Gasteiger partial charge in [0.1, 0.15) is 0 Å². The van der Waals surface area contributed by atoms with Crippen molar-refractivity contribution in [1.82, 2.24) is 0 Å². The highest BCUT2D eigenvalue weighted by Crippen LogP contribution is 2.48. The third kappa shape index (κ3) is 4.30. The van der Waals surface area contributed by atoms with Crippen LogP contribution in [0.25, 0.3) is 0 Å². The van der Waals surface area contributed by atoms with E-state index < -0.39 is 13.9 Å². The van der Waals surface area contributed by atoms with Crippen LogP contribution in [0.15, 0.2) is 96.1 Å².